The zero-order chi connectivity index (χ0) is 22.8. The van der Waals surface area contributed by atoms with Crippen molar-refractivity contribution in [1.29, 1.82) is 0 Å². The Kier molecular flexibility index (Phi) is 10.3. The van der Waals surface area contributed by atoms with Gasteiger partial charge in [0.05, 0.1) is 45.8 Å². The van der Waals surface area contributed by atoms with Gasteiger partial charge in [-0.3, -0.25) is 9.10 Å². The molecule has 2 N–H and O–H groups in total. The van der Waals surface area contributed by atoms with E-state index in [0.29, 0.717) is 16.7 Å². The lowest BCUT2D eigenvalue weighted by atomic mass is 10.1. The van der Waals surface area contributed by atoms with Gasteiger partial charge in [-0.05, 0) is 24.6 Å². The van der Waals surface area contributed by atoms with E-state index >= 15 is 0 Å². The predicted molar refractivity (Wildman–Crippen MR) is 121 cm³/mol. The lowest BCUT2D eigenvalue weighted by molar-refractivity contribution is -0.871. The maximum absolute atomic E-state index is 12.9. The van der Waals surface area contributed by atoms with Crippen LogP contribution in [0.5, 0.6) is 0 Å². The Morgan fingerprint density at radius 3 is 2.53 bits per heavy atom. The van der Waals surface area contributed by atoms with Crippen LogP contribution in [0.3, 0.4) is 0 Å². The largest absolute Gasteiger partial charge is 0.481 e. The van der Waals surface area contributed by atoms with E-state index in [1.165, 1.54) is 26.3 Å². The molecule has 0 aromatic heterocycles. The van der Waals surface area contributed by atoms with Crippen molar-refractivity contribution < 1.29 is 22.8 Å². The molecule has 168 valence electrons. The Bertz CT molecular complexity index is 851. The molecule has 7 nitrogen and oxygen atoms in total. The van der Waals surface area contributed by atoms with Crippen molar-refractivity contribution in [2.24, 2.45) is 0 Å². The van der Waals surface area contributed by atoms with Crippen LogP contribution in [0.25, 0.3) is 0 Å². The third kappa shape index (κ3) is 10.1. The van der Waals surface area contributed by atoms with Gasteiger partial charge in [0.2, 0.25) is 0 Å². The van der Waals surface area contributed by atoms with Crippen molar-refractivity contribution in [2.45, 2.75) is 51.5 Å². The number of quaternary nitrogens is 1. The summed E-state index contributed by atoms with van der Waals surface area (Å²) in [6.07, 6.45) is 5.17. The summed E-state index contributed by atoms with van der Waals surface area (Å²) in [6.45, 7) is 2.52. The molecule has 0 spiro atoms. The fourth-order valence-electron chi connectivity index (χ4n) is 3.03. The van der Waals surface area contributed by atoms with E-state index < -0.39 is 22.2 Å². The summed E-state index contributed by atoms with van der Waals surface area (Å²) in [5, 5.41) is 9.15. The molecule has 0 amide bonds. The Morgan fingerprint density at radius 2 is 1.93 bits per heavy atom. The standard InChI is InChI=1S/C22H35N3O4S/c1-6-7-8-9-10-11-13-19-14-12-15-21(16-19)24(2)30(28,29)23-20(17-22(26)27)18-25(3,4)5/h12,14-16,20,23H,6-10,17-18H2,1-5H3/p+1. The normalized spacial score (nSPS) is 12.7. The van der Waals surface area contributed by atoms with Crippen molar-refractivity contribution in [1.82, 2.24) is 4.72 Å². The predicted octanol–water partition coefficient (Wildman–Crippen LogP) is 2.83. The number of nitrogens with zero attached hydrogens (tertiary/aromatic N) is 2. The van der Waals surface area contributed by atoms with Crippen LogP contribution < -0.4 is 9.03 Å². The van der Waals surface area contributed by atoms with Crippen LogP contribution in [-0.4, -0.2) is 64.8 Å². The first-order chi connectivity index (χ1) is 13.9. The fraction of sp³-hybridized carbons (Fsp3) is 0.591. The van der Waals surface area contributed by atoms with Gasteiger partial charge in [0.1, 0.15) is 0 Å². The summed E-state index contributed by atoms with van der Waals surface area (Å²) in [6, 6.07) is 6.31. The molecule has 1 aromatic rings. The van der Waals surface area contributed by atoms with E-state index in [1.807, 2.05) is 27.2 Å². The molecule has 0 aliphatic heterocycles. The minimum atomic E-state index is -3.92. The van der Waals surface area contributed by atoms with Crippen molar-refractivity contribution >= 4 is 21.9 Å². The second-order valence-electron chi connectivity index (χ2n) is 8.52. The van der Waals surface area contributed by atoms with Gasteiger partial charge in [-0.25, -0.2) is 0 Å². The number of carbonyl (C=O) groups is 1. The van der Waals surface area contributed by atoms with Gasteiger partial charge in [-0.2, -0.15) is 13.1 Å². The minimum absolute atomic E-state index is 0.286. The van der Waals surface area contributed by atoms with Gasteiger partial charge in [-0.1, -0.05) is 44.1 Å². The highest BCUT2D eigenvalue weighted by Gasteiger charge is 2.28. The van der Waals surface area contributed by atoms with Crippen molar-refractivity contribution in [2.75, 3.05) is 39.0 Å². The van der Waals surface area contributed by atoms with Crippen molar-refractivity contribution in [3.8, 4) is 11.8 Å². The van der Waals surface area contributed by atoms with E-state index in [2.05, 4.69) is 23.5 Å². The summed E-state index contributed by atoms with van der Waals surface area (Å²) in [5.41, 5.74) is 1.22. The Labute approximate surface area is 181 Å². The maximum Gasteiger partial charge on any atom is 0.305 e. The summed E-state index contributed by atoms with van der Waals surface area (Å²) >= 11 is 0. The zero-order valence-electron chi connectivity index (χ0n) is 18.8. The molecule has 0 fully saturated rings. The van der Waals surface area contributed by atoms with E-state index in [1.54, 1.807) is 18.2 Å². The topological polar surface area (TPSA) is 86.7 Å². The third-order valence-corrected chi connectivity index (χ3v) is 6.03. The van der Waals surface area contributed by atoms with Gasteiger partial charge in [0.25, 0.3) is 0 Å². The summed E-state index contributed by atoms with van der Waals surface area (Å²) in [4.78, 5) is 11.2. The molecule has 0 bridgehead atoms. The molecular weight excluding hydrogens is 402 g/mol. The highest BCUT2D eigenvalue weighted by atomic mass is 32.2. The summed E-state index contributed by atoms with van der Waals surface area (Å²) in [5.74, 6) is 5.19. The number of likely N-dealkylation sites (N-methyl/N-ethyl adjacent to an activating group) is 1. The molecule has 8 heteroatoms. The molecule has 1 unspecified atom stereocenters. The number of rotatable bonds is 12. The van der Waals surface area contributed by atoms with Crippen LogP contribution >= 0.6 is 0 Å². The van der Waals surface area contributed by atoms with Crippen molar-refractivity contribution in [3.05, 3.63) is 29.8 Å². The quantitative estimate of drug-likeness (QED) is 0.298. The van der Waals surface area contributed by atoms with E-state index in [9.17, 15) is 13.2 Å². The molecule has 1 atom stereocenters. The molecule has 0 radical (unpaired) electrons. The van der Waals surface area contributed by atoms with Crippen LogP contribution in [0.4, 0.5) is 5.69 Å². The van der Waals surface area contributed by atoms with Gasteiger partial charge in [0.15, 0.2) is 0 Å². The second-order valence-corrected chi connectivity index (χ2v) is 10.3. The first-order valence-electron chi connectivity index (χ1n) is 10.3. The Hall–Kier alpha value is -2.08. The lowest BCUT2D eigenvalue weighted by Gasteiger charge is -2.30. The molecule has 1 rings (SSSR count). The maximum atomic E-state index is 12.9. The average Bonchev–Trinajstić information content (AvgIpc) is 2.61. The number of hydrogen-bond acceptors (Lipinski definition) is 3. The van der Waals surface area contributed by atoms with Crippen LogP contribution in [0.15, 0.2) is 24.3 Å². The molecule has 0 aliphatic carbocycles. The SMILES string of the molecule is CCCCCCC#Cc1cccc(N(C)S(=O)(=O)NC(CC(=O)O)C[N+](C)(C)C)c1. The summed E-state index contributed by atoms with van der Waals surface area (Å²) < 4.78 is 29.8. The molecule has 0 heterocycles. The van der Waals surface area contributed by atoms with Crippen LogP contribution in [0.2, 0.25) is 0 Å². The van der Waals surface area contributed by atoms with Crippen LogP contribution in [-0.2, 0) is 15.0 Å². The molecule has 0 saturated carbocycles. The Morgan fingerprint density at radius 1 is 1.23 bits per heavy atom. The number of anilines is 1. The lowest BCUT2D eigenvalue weighted by Crippen LogP contribution is -2.52. The number of aliphatic carboxylic acids is 1. The number of carboxylic acid groups (broad SMARTS) is 1. The van der Waals surface area contributed by atoms with Gasteiger partial charge >= 0.3 is 16.2 Å². The van der Waals surface area contributed by atoms with Crippen LogP contribution in [0, 0.1) is 11.8 Å². The molecule has 1 aromatic carbocycles. The number of benzene rings is 1. The van der Waals surface area contributed by atoms with Crippen LogP contribution in [0.1, 0.15) is 51.0 Å². The van der Waals surface area contributed by atoms with Crippen molar-refractivity contribution in [3.63, 3.8) is 0 Å². The first-order valence-corrected chi connectivity index (χ1v) is 11.8. The van der Waals surface area contributed by atoms with Gasteiger partial charge < -0.3 is 9.59 Å². The van der Waals surface area contributed by atoms with Gasteiger partial charge in [0, 0.05) is 19.0 Å². The van der Waals surface area contributed by atoms with E-state index in [0.717, 1.165) is 22.7 Å². The minimum Gasteiger partial charge on any atom is -0.481 e. The molecule has 0 saturated heterocycles. The first kappa shape index (κ1) is 26.0. The number of unbranched alkanes of at least 4 members (excludes halogenated alkanes) is 4. The molecular formula is C22H36N3O4S+. The van der Waals surface area contributed by atoms with Gasteiger partial charge in [-0.15, -0.1) is 0 Å². The zero-order valence-corrected chi connectivity index (χ0v) is 19.6. The van der Waals surface area contributed by atoms with E-state index in [-0.39, 0.29) is 6.42 Å². The van der Waals surface area contributed by atoms with E-state index in [4.69, 9.17) is 5.11 Å². The third-order valence-electron chi connectivity index (χ3n) is 4.46. The summed E-state index contributed by atoms with van der Waals surface area (Å²) in [7, 11) is 3.19. The second kappa shape index (κ2) is 11.9. The Balaban J connectivity index is 2.90. The monoisotopic (exact) mass is 438 g/mol. The number of nitrogens with one attached hydrogen (secondary N) is 1. The fourth-order valence-corrected chi connectivity index (χ4v) is 4.16. The highest BCUT2D eigenvalue weighted by Crippen LogP contribution is 2.18. The molecule has 0 aliphatic rings. The highest BCUT2D eigenvalue weighted by molar-refractivity contribution is 7.90. The molecule has 30 heavy (non-hydrogen) atoms. The number of carboxylic acids is 1. The average molecular weight is 439 g/mol. The number of hydrogen-bond donors (Lipinski definition) is 2. The smallest absolute Gasteiger partial charge is 0.305 e.